The molecular formula is C19H19BrN4OS. The van der Waals surface area contributed by atoms with Crippen LogP contribution in [0.2, 0.25) is 0 Å². The Bertz CT molecular complexity index is 971. The third kappa shape index (κ3) is 3.33. The van der Waals surface area contributed by atoms with E-state index in [9.17, 15) is 4.79 Å². The van der Waals surface area contributed by atoms with Gasteiger partial charge in [-0.3, -0.25) is 4.79 Å². The average Bonchev–Trinajstić information content (AvgIpc) is 3.02. The fourth-order valence-corrected chi connectivity index (χ4v) is 5.01. The zero-order valence-electron chi connectivity index (χ0n) is 14.5. The predicted octanol–water partition coefficient (Wildman–Crippen LogP) is 4.41. The number of para-hydroxylation sites is 1. The molecule has 2 heterocycles. The molecule has 1 aromatic carbocycles. The van der Waals surface area contributed by atoms with Gasteiger partial charge in [-0.25, -0.2) is 9.97 Å². The molecule has 0 bridgehead atoms. The van der Waals surface area contributed by atoms with E-state index >= 15 is 0 Å². The molecule has 0 saturated heterocycles. The van der Waals surface area contributed by atoms with Gasteiger partial charge in [0.1, 0.15) is 17.0 Å². The van der Waals surface area contributed by atoms with E-state index in [-0.39, 0.29) is 12.5 Å². The molecule has 0 atom stereocenters. The lowest BCUT2D eigenvalue weighted by atomic mass is 9.97. The highest BCUT2D eigenvalue weighted by atomic mass is 79.9. The van der Waals surface area contributed by atoms with E-state index in [1.807, 2.05) is 36.2 Å². The molecule has 1 amide bonds. The number of halogens is 1. The quantitative estimate of drug-likeness (QED) is 0.665. The molecule has 1 aliphatic rings. The highest BCUT2D eigenvalue weighted by Crippen LogP contribution is 2.38. The zero-order valence-corrected chi connectivity index (χ0v) is 16.9. The van der Waals surface area contributed by atoms with Crippen LogP contribution in [0.15, 0.2) is 35.1 Å². The van der Waals surface area contributed by atoms with Crippen molar-refractivity contribution in [3.8, 4) is 0 Å². The summed E-state index contributed by atoms with van der Waals surface area (Å²) in [5.74, 6) is 0.770. The largest absolute Gasteiger partial charge is 0.350 e. The standard InChI is InChI=1S/C19H19BrN4OS/c1-24(10-16(25)23-14-8-4-3-7-13(14)20)18-17-12-6-2-5-9-15(12)26-19(17)22-11-21-18/h3-4,7-8,11H,2,5-6,9-10H2,1H3,(H,23,25). The lowest BCUT2D eigenvalue weighted by Gasteiger charge is -2.20. The first-order valence-corrected chi connectivity index (χ1v) is 10.2. The Balaban J connectivity index is 1.58. The summed E-state index contributed by atoms with van der Waals surface area (Å²) in [6.45, 7) is 0.234. The van der Waals surface area contributed by atoms with Gasteiger partial charge in [-0.1, -0.05) is 12.1 Å². The maximum atomic E-state index is 12.5. The van der Waals surface area contributed by atoms with Crippen molar-refractivity contribution in [2.45, 2.75) is 25.7 Å². The number of fused-ring (bicyclic) bond motifs is 3. The van der Waals surface area contributed by atoms with Crippen LogP contribution in [0, 0.1) is 0 Å². The Hall–Kier alpha value is -1.99. The van der Waals surface area contributed by atoms with Crippen molar-refractivity contribution < 1.29 is 4.79 Å². The van der Waals surface area contributed by atoms with Crippen LogP contribution in [0.4, 0.5) is 11.5 Å². The lowest BCUT2D eigenvalue weighted by molar-refractivity contribution is -0.114. The van der Waals surface area contributed by atoms with Gasteiger partial charge in [-0.2, -0.15) is 0 Å². The zero-order chi connectivity index (χ0) is 18.1. The van der Waals surface area contributed by atoms with Crippen molar-refractivity contribution in [1.29, 1.82) is 0 Å². The summed E-state index contributed by atoms with van der Waals surface area (Å²) in [6.07, 6.45) is 6.25. The fraction of sp³-hybridized carbons (Fsp3) is 0.316. The first-order valence-electron chi connectivity index (χ1n) is 8.64. The minimum atomic E-state index is -0.0738. The molecule has 7 heteroatoms. The van der Waals surface area contributed by atoms with E-state index in [0.29, 0.717) is 0 Å². The van der Waals surface area contributed by atoms with Crippen LogP contribution in [0.25, 0.3) is 10.2 Å². The van der Waals surface area contributed by atoms with Gasteiger partial charge in [-0.15, -0.1) is 11.3 Å². The Labute approximate surface area is 164 Å². The second kappa shape index (κ2) is 7.32. The second-order valence-corrected chi connectivity index (χ2v) is 8.41. The number of amides is 1. The van der Waals surface area contributed by atoms with Crippen LogP contribution in [-0.4, -0.2) is 29.5 Å². The third-order valence-electron chi connectivity index (χ3n) is 4.62. The van der Waals surface area contributed by atoms with Crippen LogP contribution in [0.3, 0.4) is 0 Å². The van der Waals surface area contributed by atoms with Gasteiger partial charge < -0.3 is 10.2 Å². The maximum Gasteiger partial charge on any atom is 0.243 e. The van der Waals surface area contributed by atoms with Crippen LogP contribution in [-0.2, 0) is 17.6 Å². The number of aromatic nitrogens is 2. The molecule has 0 spiro atoms. The van der Waals surface area contributed by atoms with Gasteiger partial charge in [0.15, 0.2) is 0 Å². The monoisotopic (exact) mass is 430 g/mol. The molecule has 134 valence electrons. The lowest BCUT2D eigenvalue weighted by Crippen LogP contribution is -2.31. The smallest absolute Gasteiger partial charge is 0.243 e. The molecule has 1 N–H and O–H groups in total. The SMILES string of the molecule is CN(CC(=O)Nc1ccccc1Br)c1ncnc2sc3c(c12)CCCC3. The van der Waals surface area contributed by atoms with Crippen molar-refractivity contribution in [2.24, 2.45) is 0 Å². The highest BCUT2D eigenvalue weighted by Gasteiger charge is 2.22. The number of aryl methyl sites for hydroxylation is 2. The number of hydrogen-bond acceptors (Lipinski definition) is 5. The number of nitrogens with zero attached hydrogens (tertiary/aromatic N) is 3. The van der Waals surface area contributed by atoms with Crippen LogP contribution in [0.1, 0.15) is 23.3 Å². The van der Waals surface area contributed by atoms with Gasteiger partial charge in [-0.05, 0) is 59.3 Å². The molecule has 0 saturated carbocycles. The summed E-state index contributed by atoms with van der Waals surface area (Å²) in [6, 6.07) is 7.60. The Morgan fingerprint density at radius 3 is 2.92 bits per heavy atom. The number of hydrogen-bond donors (Lipinski definition) is 1. The molecule has 0 aliphatic heterocycles. The van der Waals surface area contributed by atoms with E-state index in [2.05, 4.69) is 31.2 Å². The van der Waals surface area contributed by atoms with Crippen LogP contribution < -0.4 is 10.2 Å². The van der Waals surface area contributed by atoms with E-state index in [0.717, 1.165) is 39.0 Å². The van der Waals surface area contributed by atoms with Gasteiger partial charge in [0, 0.05) is 16.4 Å². The van der Waals surface area contributed by atoms with Gasteiger partial charge in [0.25, 0.3) is 0 Å². The molecular weight excluding hydrogens is 412 g/mol. The Morgan fingerprint density at radius 2 is 2.08 bits per heavy atom. The number of carbonyl (C=O) groups is 1. The molecule has 0 radical (unpaired) electrons. The molecule has 0 fully saturated rings. The minimum Gasteiger partial charge on any atom is -0.350 e. The van der Waals surface area contributed by atoms with Crippen LogP contribution in [0.5, 0.6) is 0 Å². The molecule has 1 aliphatic carbocycles. The number of anilines is 2. The van der Waals surface area contributed by atoms with Gasteiger partial charge in [0.05, 0.1) is 17.6 Å². The van der Waals surface area contributed by atoms with Crippen molar-refractivity contribution in [3.05, 3.63) is 45.5 Å². The number of likely N-dealkylation sites (N-methyl/N-ethyl adjacent to an activating group) is 1. The van der Waals surface area contributed by atoms with Crippen molar-refractivity contribution >= 4 is 54.9 Å². The predicted molar refractivity (Wildman–Crippen MR) is 110 cm³/mol. The fourth-order valence-electron chi connectivity index (χ4n) is 3.41. The summed E-state index contributed by atoms with van der Waals surface area (Å²) >= 11 is 5.23. The van der Waals surface area contributed by atoms with E-state index in [1.165, 1.54) is 23.3 Å². The molecule has 4 rings (SSSR count). The highest BCUT2D eigenvalue weighted by molar-refractivity contribution is 9.10. The first-order chi connectivity index (χ1) is 12.6. The normalized spacial score (nSPS) is 13.5. The van der Waals surface area contributed by atoms with E-state index in [1.54, 1.807) is 17.7 Å². The molecule has 3 aromatic rings. The second-order valence-electron chi connectivity index (χ2n) is 6.47. The molecule has 26 heavy (non-hydrogen) atoms. The summed E-state index contributed by atoms with van der Waals surface area (Å²) in [5.41, 5.74) is 2.15. The van der Waals surface area contributed by atoms with Crippen LogP contribution >= 0.6 is 27.3 Å². The Kier molecular flexibility index (Phi) is 4.91. The minimum absolute atomic E-state index is 0.0738. The molecule has 0 unspecified atom stereocenters. The number of nitrogens with one attached hydrogen (secondary N) is 1. The Morgan fingerprint density at radius 1 is 1.27 bits per heavy atom. The number of thiophene rings is 1. The summed E-state index contributed by atoms with van der Waals surface area (Å²) < 4.78 is 0.868. The van der Waals surface area contributed by atoms with Crippen molar-refractivity contribution in [2.75, 3.05) is 23.8 Å². The number of benzene rings is 1. The topological polar surface area (TPSA) is 58.1 Å². The molecule has 2 aromatic heterocycles. The average molecular weight is 431 g/mol. The summed E-state index contributed by atoms with van der Waals surface area (Å²) in [5, 5.41) is 4.07. The first kappa shape index (κ1) is 17.4. The summed E-state index contributed by atoms with van der Waals surface area (Å²) in [4.78, 5) is 25.8. The van der Waals surface area contributed by atoms with Crippen molar-refractivity contribution in [1.82, 2.24) is 9.97 Å². The van der Waals surface area contributed by atoms with Crippen molar-refractivity contribution in [3.63, 3.8) is 0 Å². The number of rotatable bonds is 4. The summed E-state index contributed by atoms with van der Waals surface area (Å²) in [7, 11) is 1.91. The third-order valence-corrected chi connectivity index (χ3v) is 6.51. The molecule has 5 nitrogen and oxygen atoms in total. The van der Waals surface area contributed by atoms with Gasteiger partial charge >= 0.3 is 0 Å². The van der Waals surface area contributed by atoms with E-state index < -0.39 is 0 Å². The maximum absolute atomic E-state index is 12.5. The van der Waals surface area contributed by atoms with Gasteiger partial charge in [0.2, 0.25) is 5.91 Å². The van der Waals surface area contributed by atoms with E-state index in [4.69, 9.17) is 0 Å². The number of carbonyl (C=O) groups excluding carboxylic acids is 1.